The van der Waals surface area contributed by atoms with Crippen LogP contribution in [0.2, 0.25) is 0 Å². The lowest BCUT2D eigenvalue weighted by Gasteiger charge is -2.05. The molecular weight excluding hydrogens is 322 g/mol. The highest BCUT2D eigenvalue weighted by Crippen LogP contribution is 2.22. The molecular formula is C12H18F2N2O3S2. The Morgan fingerprint density at radius 3 is 2.86 bits per heavy atom. The van der Waals surface area contributed by atoms with E-state index in [-0.39, 0.29) is 17.4 Å². The molecule has 21 heavy (non-hydrogen) atoms. The lowest BCUT2D eigenvalue weighted by atomic mass is 10.3. The van der Waals surface area contributed by atoms with Crippen molar-refractivity contribution in [3.8, 4) is 0 Å². The van der Waals surface area contributed by atoms with Gasteiger partial charge >= 0.3 is 0 Å². The minimum atomic E-state index is -3.59. The molecule has 0 spiro atoms. The summed E-state index contributed by atoms with van der Waals surface area (Å²) in [5.74, 6) is 0. The fourth-order valence-electron chi connectivity index (χ4n) is 1.63. The minimum absolute atomic E-state index is 0.0252. The second kappa shape index (κ2) is 7.59. The summed E-state index contributed by atoms with van der Waals surface area (Å²) in [6, 6.07) is 2.19. The summed E-state index contributed by atoms with van der Waals surface area (Å²) in [6.45, 7) is -0.125. The molecule has 1 fully saturated rings. The Balaban J connectivity index is 1.75. The highest BCUT2D eigenvalue weighted by atomic mass is 32.2. The van der Waals surface area contributed by atoms with Crippen LogP contribution in [0.5, 0.6) is 0 Å². The van der Waals surface area contributed by atoms with Gasteiger partial charge in [-0.25, -0.2) is 21.9 Å². The van der Waals surface area contributed by atoms with E-state index in [9.17, 15) is 17.2 Å². The van der Waals surface area contributed by atoms with Crippen molar-refractivity contribution in [1.29, 1.82) is 0 Å². The van der Waals surface area contributed by atoms with Crippen LogP contribution in [0.4, 0.5) is 8.78 Å². The predicted molar refractivity (Wildman–Crippen MR) is 76.2 cm³/mol. The average molecular weight is 340 g/mol. The van der Waals surface area contributed by atoms with Gasteiger partial charge in [0.05, 0.1) is 6.61 Å². The number of nitrogens with one attached hydrogen (secondary N) is 2. The van der Waals surface area contributed by atoms with Gasteiger partial charge in [0, 0.05) is 19.1 Å². The topological polar surface area (TPSA) is 67.4 Å². The molecule has 5 nitrogen and oxygen atoms in total. The molecule has 1 aromatic heterocycles. The fourth-order valence-corrected chi connectivity index (χ4v) is 3.90. The molecule has 9 heteroatoms. The fraction of sp³-hybridized carbons (Fsp3) is 0.667. The second-order valence-corrected chi connectivity index (χ2v) is 7.70. The quantitative estimate of drug-likeness (QED) is 0.635. The summed E-state index contributed by atoms with van der Waals surface area (Å²) < 4.78 is 54.8. The van der Waals surface area contributed by atoms with Crippen LogP contribution in [0.15, 0.2) is 15.7 Å². The van der Waals surface area contributed by atoms with Gasteiger partial charge in [-0.15, -0.1) is 11.3 Å². The molecule has 1 aliphatic rings. The van der Waals surface area contributed by atoms with Crippen molar-refractivity contribution in [3.05, 3.63) is 17.0 Å². The van der Waals surface area contributed by atoms with Gasteiger partial charge in [-0.05, 0) is 29.9 Å². The van der Waals surface area contributed by atoms with Crippen LogP contribution < -0.4 is 10.0 Å². The van der Waals surface area contributed by atoms with E-state index in [0.29, 0.717) is 12.6 Å². The zero-order chi connectivity index (χ0) is 15.3. The Bertz CT molecular complexity index is 544. The molecule has 0 amide bonds. The number of hydrogen-bond donors (Lipinski definition) is 2. The van der Waals surface area contributed by atoms with E-state index in [1.807, 2.05) is 0 Å². The smallest absolute Gasteiger partial charge is 0.261 e. The van der Waals surface area contributed by atoms with E-state index in [1.54, 1.807) is 11.4 Å². The summed E-state index contributed by atoms with van der Waals surface area (Å²) in [5, 5.41) is 5.11. The van der Waals surface area contributed by atoms with E-state index in [0.717, 1.165) is 16.9 Å². The molecule has 0 aliphatic heterocycles. The van der Waals surface area contributed by atoms with Crippen molar-refractivity contribution in [2.24, 2.45) is 0 Å². The highest BCUT2D eigenvalue weighted by molar-refractivity contribution is 7.91. The molecule has 0 unspecified atom stereocenters. The van der Waals surface area contributed by atoms with Crippen molar-refractivity contribution in [1.82, 2.24) is 10.0 Å². The Morgan fingerprint density at radius 1 is 1.43 bits per heavy atom. The maximum absolute atomic E-state index is 12.0. The average Bonchev–Trinajstić information content (AvgIpc) is 3.11. The Kier molecular flexibility index (Phi) is 6.06. The van der Waals surface area contributed by atoms with Crippen LogP contribution in [0, 0.1) is 0 Å². The molecule has 1 aromatic rings. The van der Waals surface area contributed by atoms with Crippen molar-refractivity contribution in [2.75, 3.05) is 19.8 Å². The SMILES string of the molecule is O=S(=O)(NCCOCC(F)F)c1cc(CNC2CC2)cs1. The summed E-state index contributed by atoms with van der Waals surface area (Å²) >= 11 is 1.15. The molecule has 1 aliphatic carbocycles. The third kappa shape index (κ3) is 5.95. The van der Waals surface area contributed by atoms with E-state index >= 15 is 0 Å². The standard InChI is InChI=1S/C12H18F2N2O3S2/c13-11(14)7-19-4-3-16-21(17,18)12-5-9(8-20-12)6-15-10-1-2-10/h5,8,10-11,15-16H,1-4,6-7H2. The normalized spacial score (nSPS) is 15.8. The summed E-state index contributed by atoms with van der Waals surface area (Å²) in [4.78, 5) is 0. The number of ether oxygens (including phenoxy) is 1. The van der Waals surface area contributed by atoms with Gasteiger partial charge in [0.25, 0.3) is 6.43 Å². The Hall–Kier alpha value is -0.610. The van der Waals surface area contributed by atoms with E-state index in [1.165, 1.54) is 12.8 Å². The lowest BCUT2D eigenvalue weighted by Crippen LogP contribution is -2.27. The Labute approximate surface area is 126 Å². The van der Waals surface area contributed by atoms with Gasteiger partial charge in [-0.2, -0.15) is 0 Å². The first-order valence-corrected chi connectivity index (χ1v) is 9.00. The summed E-state index contributed by atoms with van der Waals surface area (Å²) in [7, 11) is -3.59. The number of rotatable bonds is 10. The third-order valence-electron chi connectivity index (χ3n) is 2.85. The maximum Gasteiger partial charge on any atom is 0.261 e. The second-order valence-electron chi connectivity index (χ2n) is 4.79. The highest BCUT2D eigenvalue weighted by Gasteiger charge is 2.21. The van der Waals surface area contributed by atoms with E-state index in [4.69, 9.17) is 0 Å². The van der Waals surface area contributed by atoms with Crippen molar-refractivity contribution in [3.63, 3.8) is 0 Å². The van der Waals surface area contributed by atoms with Crippen LogP contribution in [0.25, 0.3) is 0 Å². The van der Waals surface area contributed by atoms with Crippen molar-refractivity contribution >= 4 is 21.4 Å². The van der Waals surface area contributed by atoms with E-state index < -0.39 is 23.1 Å². The van der Waals surface area contributed by atoms with Gasteiger partial charge in [-0.1, -0.05) is 0 Å². The predicted octanol–water partition coefficient (Wildman–Crippen LogP) is 1.56. The lowest BCUT2D eigenvalue weighted by molar-refractivity contribution is 0.0199. The van der Waals surface area contributed by atoms with Crippen LogP contribution in [-0.2, 0) is 21.3 Å². The molecule has 0 aromatic carbocycles. The molecule has 2 rings (SSSR count). The Morgan fingerprint density at radius 2 is 2.19 bits per heavy atom. The zero-order valence-electron chi connectivity index (χ0n) is 11.3. The molecule has 1 heterocycles. The first kappa shape index (κ1) is 16.8. The van der Waals surface area contributed by atoms with Crippen LogP contribution in [-0.4, -0.2) is 40.6 Å². The molecule has 0 atom stereocenters. The number of halogens is 2. The first-order valence-electron chi connectivity index (χ1n) is 6.64. The van der Waals surface area contributed by atoms with Gasteiger partial charge in [0.1, 0.15) is 10.8 Å². The van der Waals surface area contributed by atoms with Gasteiger partial charge in [-0.3, -0.25) is 0 Å². The molecule has 0 saturated heterocycles. The van der Waals surface area contributed by atoms with Crippen LogP contribution in [0.3, 0.4) is 0 Å². The maximum atomic E-state index is 12.0. The molecule has 0 bridgehead atoms. The number of hydrogen-bond acceptors (Lipinski definition) is 5. The van der Waals surface area contributed by atoms with Crippen molar-refractivity contribution in [2.45, 2.75) is 36.1 Å². The summed E-state index contributed by atoms with van der Waals surface area (Å²) in [6.07, 6.45) is -0.189. The third-order valence-corrected chi connectivity index (χ3v) is 5.80. The zero-order valence-corrected chi connectivity index (χ0v) is 13.0. The van der Waals surface area contributed by atoms with Crippen LogP contribution in [0.1, 0.15) is 18.4 Å². The molecule has 2 N–H and O–H groups in total. The number of alkyl halides is 2. The number of thiophene rings is 1. The minimum Gasteiger partial charge on any atom is -0.374 e. The monoisotopic (exact) mass is 340 g/mol. The van der Waals surface area contributed by atoms with Gasteiger partial charge in [0.15, 0.2) is 0 Å². The largest absolute Gasteiger partial charge is 0.374 e. The van der Waals surface area contributed by atoms with Gasteiger partial charge < -0.3 is 10.1 Å². The van der Waals surface area contributed by atoms with Gasteiger partial charge in [0.2, 0.25) is 10.0 Å². The summed E-state index contributed by atoms with van der Waals surface area (Å²) in [5.41, 5.74) is 0.932. The van der Waals surface area contributed by atoms with Crippen molar-refractivity contribution < 1.29 is 21.9 Å². The molecule has 0 radical (unpaired) electrons. The van der Waals surface area contributed by atoms with E-state index in [2.05, 4.69) is 14.8 Å². The van der Waals surface area contributed by atoms with Crippen LogP contribution >= 0.6 is 11.3 Å². The molecule has 1 saturated carbocycles. The molecule has 120 valence electrons. The first-order chi connectivity index (χ1) is 9.97. The number of sulfonamides is 1.